The molecular weight excluding hydrogens is 328 g/mol. The summed E-state index contributed by atoms with van der Waals surface area (Å²) in [6, 6.07) is 8.29. The second-order valence-electron chi connectivity index (χ2n) is 5.65. The van der Waals surface area contributed by atoms with Crippen LogP contribution in [-0.2, 0) is 10.0 Å². The van der Waals surface area contributed by atoms with Gasteiger partial charge in [-0.15, -0.1) is 0 Å². The van der Waals surface area contributed by atoms with Crippen LogP contribution in [-0.4, -0.2) is 37.5 Å². The highest BCUT2D eigenvalue weighted by Gasteiger charge is 2.13. The van der Waals surface area contributed by atoms with Crippen molar-refractivity contribution in [1.29, 1.82) is 0 Å². The quantitative estimate of drug-likeness (QED) is 0.636. The van der Waals surface area contributed by atoms with E-state index >= 15 is 0 Å². The molecule has 0 bridgehead atoms. The summed E-state index contributed by atoms with van der Waals surface area (Å²) in [6.07, 6.45) is 3.92. The number of benzene rings is 1. The molecular formula is C15H20N6O2S. The highest BCUT2D eigenvalue weighted by atomic mass is 32.2. The van der Waals surface area contributed by atoms with E-state index in [9.17, 15) is 8.42 Å². The number of nitrogens with two attached hydrogens (primary N) is 1. The van der Waals surface area contributed by atoms with E-state index in [1.165, 1.54) is 12.1 Å². The third-order valence-corrected chi connectivity index (χ3v) is 4.67. The van der Waals surface area contributed by atoms with Crippen LogP contribution in [0, 0.1) is 0 Å². The van der Waals surface area contributed by atoms with E-state index in [4.69, 9.17) is 5.14 Å². The summed E-state index contributed by atoms with van der Waals surface area (Å²) in [5.74, 6) is 1.19. The van der Waals surface area contributed by atoms with Crippen molar-refractivity contribution < 1.29 is 8.42 Å². The van der Waals surface area contributed by atoms with Crippen molar-refractivity contribution in [2.75, 3.05) is 23.7 Å². The number of aromatic nitrogens is 2. The number of nitrogens with zero attached hydrogens (tertiary/aromatic N) is 2. The van der Waals surface area contributed by atoms with Crippen LogP contribution in [0.15, 0.2) is 41.4 Å². The maximum Gasteiger partial charge on any atom is 0.238 e. The SMILES string of the molecule is NS(=O)(=O)c1ccc(Nc2nccc(N[C@@H]3CCCNC3)n2)cc1. The van der Waals surface area contributed by atoms with Gasteiger partial charge in [0.1, 0.15) is 5.82 Å². The Kier molecular flexibility index (Phi) is 4.93. The number of anilines is 3. The molecule has 0 aliphatic carbocycles. The van der Waals surface area contributed by atoms with Gasteiger partial charge in [-0.25, -0.2) is 18.5 Å². The molecule has 1 fully saturated rings. The second kappa shape index (κ2) is 7.12. The van der Waals surface area contributed by atoms with Crippen molar-refractivity contribution in [3.8, 4) is 0 Å². The molecule has 24 heavy (non-hydrogen) atoms. The molecule has 0 radical (unpaired) electrons. The van der Waals surface area contributed by atoms with Crippen LogP contribution in [0.25, 0.3) is 0 Å². The van der Waals surface area contributed by atoms with E-state index in [1.807, 2.05) is 6.07 Å². The molecule has 0 amide bonds. The van der Waals surface area contributed by atoms with Crippen LogP contribution in [0.1, 0.15) is 12.8 Å². The number of sulfonamides is 1. The summed E-state index contributed by atoms with van der Waals surface area (Å²) in [7, 11) is -3.69. The molecule has 2 heterocycles. The molecule has 0 saturated carbocycles. The summed E-state index contributed by atoms with van der Waals surface area (Å²) < 4.78 is 22.5. The third-order valence-electron chi connectivity index (χ3n) is 3.74. The molecule has 128 valence electrons. The Morgan fingerprint density at radius 2 is 2.00 bits per heavy atom. The summed E-state index contributed by atoms with van der Waals surface area (Å²) in [6.45, 7) is 1.98. The van der Waals surface area contributed by atoms with Gasteiger partial charge < -0.3 is 16.0 Å². The molecule has 1 aromatic carbocycles. The number of nitrogens with one attached hydrogen (secondary N) is 3. The Balaban J connectivity index is 1.67. The molecule has 8 nitrogen and oxygen atoms in total. The molecule has 1 atom stereocenters. The zero-order valence-electron chi connectivity index (χ0n) is 13.1. The van der Waals surface area contributed by atoms with Gasteiger partial charge in [-0.3, -0.25) is 0 Å². The fourth-order valence-electron chi connectivity index (χ4n) is 2.54. The van der Waals surface area contributed by atoms with Crippen LogP contribution in [0.5, 0.6) is 0 Å². The van der Waals surface area contributed by atoms with Crippen molar-refractivity contribution >= 4 is 27.5 Å². The van der Waals surface area contributed by atoms with Crippen molar-refractivity contribution in [3.05, 3.63) is 36.5 Å². The number of primary sulfonamides is 1. The van der Waals surface area contributed by atoms with Gasteiger partial charge >= 0.3 is 0 Å². The van der Waals surface area contributed by atoms with Gasteiger partial charge in [-0.1, -0.05) is 0 Å². The van der Waals surface area contributed by atoms with Gasteiger partial charge in [-0.05, 0) is 49.7 Å². The Labute approximate surface area is 140 Å². The van der Waals surface area contributed by atoms with Crippen molar-refractivity contribution in [2.45, 2.75) is 23.8 Å². The predicted octanol–water partition coefficient (Wildman–Crippen LogP) is 1.03. The topological polar surface area (TPSA) is 122 Å². The normalized spacial score (nSPS) is 18.1. The third kappa shape index (κ3) is 4.40. The molecule has 5 N–H and O–H groups in total. The lowest BCUT2D eigenvalue weighted by Gasteiger charge is -2.24. The molecule has 0 unspecified atom stereocenters. The molecule has 1 saturated heterocycles. The maximum absolute atomic E-state index is 11.3. The summed E-state index contributed by atoms with van der Waals surface area (Å²) >= 11 is 0. The monoisotopic (exact) mass is 348 g/mol. The van der Waals surface area contributed by atoms with Gasteiger partial charge in [0.15, 0.2) is 0 Å². The van der Waals surface area contributed by atoms with Gasteiger partial charge in [0, 0.05) is 24.5 Å². The predicted molar refractivity (Wildman–Crippen MR) is 92.6 cm³/mol. The first kappa shape index (κ1) is 16.6. The Hall–Kier alpha value is -2.23. The standard InChI is InChI=1S/C15H20N6O2S/c16-24(22,23)13-5-3-11(4-6-13)20-15-18-9-7-14(21-15)19-12-2-1-8-17-10-12/h3-7,9,12,17H,1-2,8,10H2,(H2,16,22,23)(H2,18,19,20,21)/t12-/m1/s1. The van der Waals surface area contributed by atoms with Gasteiger partial charge in [-0.2, -0.15) is 4.98 Å². The molecule has 1 aromatic heterocycles. The summed E-state index contributed by atoms with van der Waals surface area (Å²) in [4.78, 5) is 8.67. The van der Waals surface area contributed by atoms with E-state index in [0.29, 0.717) is 17.7 Å². The average molecular weight is 348 g/mol. The zero-order valence-corrected chi connectivity index (χ0v) is 13.9. The number of piperidine rings is 1. The van der Waals surface area contributed by atoms with Crippen LogP contribution in [0.3, 0.4) is 0 Å². The first-order chi connectivity index (χ1) is 11.5. The smallest absolute Gasteiger partial charge is 0.238 e. The highest BCUT2D eigenvalue weighted by Crippen LogP contribution is 2.17. The van der Waals surface area contributed by atoms with Gasteiger partial charge in [0.2, 0.25) is 16.0 Å². The minimum atomic E-state index is -3.69. The number of hydrogen-bond donors (Lipinski definition) is 4. The van der Waals surface area contributed by atoms with Crippen LogP contribution >= 0.6 is 0 Å². The number of hydrogen-bond acceptors (Lipinski definition) is 7. The molecule has 1 aliphatic rings. The van der Waals surface area contributed by atoms with Crippen molar-refractivity contribution in [1.82, 2.24) is 15.3 Å². The van der Waals surface area contributed by atoms with Gasteiger partial charge in [0.05, 0.1) is 4.90 Å². The summed E-state index contributed by atoms with van der Waals surface area (Å²) in [5, 5.41) is 14.9. The fraction of sp³-hybridized carbons (Fsp3) is 0.333. The first-order valence-corrected chi connectivity index (χ1v) is 9.25. The lowest BCUT2D eigenvalue weighted by Crippen LogP contribution is -2.38. The van der Waals surface area contributed by atoms with E-state index in [2.05, 4.69) is 25.9 Å². The lowest BCUT2D eigenvalue weighted by atomic mass is 10.1. The fourth-order valence-corrected chi connectivity index (χ4v) is 3.06. The van der Waals surface area contributed by atoms with Crippen LogP contribution in [0.2, 0.25) is 0 Å². The minimum Gasteiger partial charge on any atom is -0.366 e. The Morgan fingerprint density at radius 3 is 2.67 bits per heavy atom. The largest absolute Gasteiger partial charge is 0.366 e. The zero-order chi connectivity index (χ0) is 17.0. The molecule has 0 spiro atoms. The van der Waals surface area contributed by atoms with E-state index in [-0.39, 0.29) is 4.90 Å². The van der Waals surface area contributed by atoms with Crippen molar-refractivity contribution in [2.24, 2.45) is 5.14 Å². The van der Waals surface area contributed by atoms with E-state index < -0.39 is 10.0 Å². The molecule has 3 rings (SSSR count). The van der Waals surface area contributed by atoms with Gasteiger partial charge in [0.25, 0.3) is 0 Å². The molecule has 1 aliphatic heterocycles. The molecule has 9 heteroatoms. The Morgan fingerprint density at radius 1 is 1.21 bits per heavy atom. The highest BCUT2D eigenvalue weighted by molar-refractivity contribution is 7.89. The van der Waals surface area contributed by atoms with E-state index in [1.54, 1.807) is 18.3 Å². The Bertz CT molecular complexity index is 788. The average Bonchev–Trinajstić information content (AvgIpc) is 2.56. The molecule has 2 aromatic rings. The van der Waals surface area contributed by atoms with Crippen molar-refractivity contribution in [3.63, 3.8) is 0 Å². The lowest BCUT2D eigenvalue weighted by molar-refractivity contribution is 0.479. The number of rotatable bonds is 5. The minimum absolute atomic E-state index is 0.0641. The van der Waals surface area contributed by atoms with E-state index in [0.717, 1.165) is 31.7 Å². The van der Waals surface area contributed by atoms with Crippen LogP contribution in [0.4, 0.5) is 17.5 Å². The second-order valence-corrected chi connectivity index (χ2v) is 7.21. The first-order valence-electron chi connectivity index (χ1n) is 7.71. The maximum atomic E-state index is 11.3. The summed E-state index contributed by atoms with van der Waals surface area (Å²) in [5.41, 5.74) is 0.680. The van der Waals surface area contributed by atoms with Crippen LogP contribution < -0.4 is 21.1 Å².